The van der Waals surface area contributed by atoms with E-state index in [2.05, 4.69) is 83.9 Å². The lowest BCUT2D eigenvalue weighted by atomic mass is 9.84. The highest BCUT2D eigenvalue weighted by molar-refractivity contribution is 6.08. The summed E-state index contributed by atoms with van der Waals surface area (Å²) in [6.07, 6.45) is 4.57. The fourth-order valence-electron chi connectivity index (χ4n) is 6.21. The summed E-state index contributed by atoms with van der Waals surface area (Å²) in [5, 5.41) is 2.47. The molecule has 0 radical (unpaired) electrons. The summed E-state index contributed by atoms with van der Waals surface area (Å²) in [6.45, 7) is 4.96. The number of carbonyl (C=O) groups is 1. The van der Waals surface area contributed by atoms with E-state index in [1.54, 1.807) is 0 Å². The van der Waals surface area contributed by atoms with Gasteiger partial charge in [0.25, 0.3) is 0 Å². The number of pyridine rings is 1. The SMILES string of the molecule is Cc1cc(C)c2c3ccccc3n(Cc3ccc([C@@H](C(=O)NNc4ccccc4)C4CCCC4)cc3)c2n1. The number of anilines is 1. The molecule has 1 fully saturated rings. The number of aryl methyl sites for hydroxylation is 2. The Labute approximate surface area is 223 Å². The first kappa shape index (κ1) is 24.2. The van der Waals surface area contributed by atoms with E-state index in [0.717, 1.165) is 42.0 Å². The maximum absolute atomic E-state index is 13.4. The van der Waals surface area contributed by atoms with Crippen LogP contribution in [0.25, 0.3) is 21.9 Å². The summed E-state index contributed by atoms with van der Waals surface area (Å²) in [6, 6.07) is 29.2. The Kier molecular flexibility index (Phi) is 6.59. The van der Waals surface area contributed by atoms with Gasteiger partial charge >= 0.3 is 0 Å². The molecule has 1 amide bonds. The lowest BCUT2D eigenvalue weighted by Gasteiger charge is -2.24. The summed E-state index contributed by atoms with van der Waals surface area (Å²) in [7, 11) is 0. The summed E-state index contributed by atoms with van der Waals surface area (Å²) in [5.41, 5.74) is 13.7. The van der Waals surface area contributed by atoms with E-state index in [1.165, 1.54) is 40.3 Å². The predicted molar refractivity (Wildman–Crippen MR) is 155 cm³/mol. The molecule has 0 bridgehead atoms. The molecular formula is C33H34N4O. The van der Waals surface area contributed by atoms with Gasteiger partial charge in [-0.2, -0.15) is 0 Å². The van der Waals surface area contributed by atoms with Crippen molar-refractivity contribution in [3.63, 3.8) is 0 Å². The van der Waals surface area contributed by atoms with E-state index < -0.39 is 0 Å². The van der Waals surface area contributed by atoms with Crippen molar-refractivity contribution in [2.75, 3.05) is 5.43 Å². The van der Waals surface area contributed by atoms with Crippen LogP contribution >= 0.6 is 0 Å². The molecule has 1 saturated carbocycles. The van der Waals surface area contributed by atoms with Crippen molar-refractivity contribution in [1.82, 2.24) is 15.0 Å². The van der Waals surface area contributed by atoms with Gasteiger partial charge in [0.2, 0.25) is 5.91 Å². The van der Waals surface area contributed by atoms with Crippen LogP contribution in [-0.2, 0) is 11.3 Å². The van der Waals surface area contributed by atoms with Crippen LogP contribution in [0, 0.1) is 19.8 Å². The van der Waals surface area contributed by atoms with E-state index in [1.807, 2.05) is 30.3 Å². The van der Waals surface area contributed by atoms with Crippen LogP contribution in [0.4, 0.5) is 5.69 Å². The van der Waals surface area contributed by atoms with Gasteiger partial charge in [0.15, 0.2) is 0 Å². The van der Waals surface area contributed by atoms with Gasteiger partial charge in [-0.3, -0.25) is 15.6 Å². The Hall–Kier alpha value is -4.12. The summed E-state index contributed by atoms with van der Waals surface area (Å²) in [4.78, 5) is 18.4. The number of rotatable bonds is 7. The molecule has 38 heavy (non-hydrogen) atoms. The first-order chi connectivity index (χ1) is 18.6. The molecule has 1 aliphatic carbocycles. The minimum Gasteiger partial charge on any atom is -0.321 e. The number of fused-ring (bicyclic) bond motifs is 3. The van der Waals surface area contributed by atoms with Crippen molar-refractivity contribution in [2.45, 2.75) is 52.0 Å². The van der Waals surface area contributed by atoms with Gasteiger partial charge in [-0.05, 0) is 73.6 Å². The number of benzene rings is 3. The highest BCUT2D eigenvalue weighted by Gasteiger charge is 2.32. The van der Waals surface area contributed by atoms with Gasteiger partial charge in [-0.25, -0.2) is 4.98 Å². The van der Waals surface area contributed by atoms with Crippen molar-refractivity contribution in [3.05, 3.63) is 107 Å². The monoisotopic (exact) mass is 502 g/mol. The summed E-state index contributed by atoms with van der Waals surface area (Å²) < 4.78 is 2.32. The number of nitrogens with one attached hydrogen (secondary N) is 2. The van der Waals surface area contributed by atoms with Gasteiger partial charge in [-0.15, -0.1) is 0 Å². The molecule has 5 heteroatoms. The fourth-order valence-corrected chi connectivity index (χ4v) is 6.21. The molecule has 2 aromatic heterocycles. The molecule has 2 heterocycles. The minimum absolute atomic E-state index is 0.0334. The normalized spacial score (nSPS) is 14.7. The molecule has 2 N–H and O–H groups in total. The molecule has 0 unspecified atom stereocenters. The van der Waals surface area contributed by atoms with E-state index in [4.69, 9.17) is 4.98 Å². The smallest absolute Gasteiger partial charge is 0.246 e. The number of para-hydroxylation sites is 2. The average Bonchev–Trinajstić information content (AvgIpc) is 3.56. The highest BCUT2D eigenvalue weighted by atomic mass is 16.2. The topological polar surface area (TPSA) is 59.0 Å². The zero-order chi connectivity index (χ0) is 26.1. The van der Waals surface area contributed by atoms with Crippen molar-refractivity contribution in [2.24, 2.45) is 5.92 Å². The Bertz CT molecular complexity index is 1580. The molecule has 1 atom stereocenters. The van der Waals surface area contributed by atoms with Crippen LogP contribution in [0.15, 0.2) is 84.9 Å². The van der Waals surface area contributed by atoms with E-state index in [0.29, 0.717) is 5.92 Å². The molecule has 192 valence electrons. The molecular weight excluding hydrogens is 468 g/mol. The van der Waals surface area contributed by atoms with Gasteiger partial charge in [0.1, 0.15) is 5.65 Å². The molecule has 0 spiro atoms. The quantitative estimate of drug-likeness (QED) is 0.230. The van der Waals surface area contributed by atoms with Gasteiger partial charge in [-0.1, -0.05) is 73.5 Å². The Balaban J connectivity index is 1.29. The number of hydrogen-bond donors (Lipinski definition) is 2. The largest absolute Gasteiger partial charge is 0.321 e. The lowest BCUT2D eigenvalue weighted by molar-refractivity contribution is -0.123. The highest BCUT2D eigenvalue weighted by Crippen LogP contribution is 2.38. The van der Waals surface area contributed by atoms with Crippen molar-refractivity contribution in [3.8, 4) is 0 Å². The fraction of sp³-hybridized carbons (Fsp3) is 0.273. The molecule has 5 nitrogen and oxygen atoms in total. The minimum atomic E-state index is -0.164. The van der Waals surface area contributed by atoms with E-state index in [-0.39, 0.29) is 11.8 Å². The maximum atomic E-state index is 13.4. The molecule has 3 aromatic carbocycles. The second kappa shape index (κ2) is 10.3. The molecule has 1 aliphatic rings. The van der Waals surface area contributed by atoms with E-state index >= 15 is 0 Å². The Morgan fingerprint density at radius 1 is 0.947 bits per heavy atom. The van der Waals surface area contributed by atoms with Crippen molar-refractivity contribution < 1.29 is 4.79 Å². The van der Waals surface area contributed by atoms with Crippen LogP contribution in [0.1, 0.15) is 54.0 Å². The molecule has 6 rings (SSSR count). The standard InChI is InChI=1S/C33H34N4O/c1-22-20-23(2)34-32-30(22)28-14-8-9-15-29(28)37(32)21-24-16-18-26(19-17-24)31(25-10-6-7-11-25)33(38)36-35-27-12-4-3-5-13-27/h3-5,8-9,12-20,25,31,35H,6-7,10-11,21H2,1-2H3,(H,36,38)/t31-/m0/s1. The Morgan fingerprint density at radius 3 is 2.42 bits per heavy atom. The maximum Gasteiger partial charge on any atom is 0.246 e. The first-order valence-corrected chi connectivity index (χ1v) is 13.6. The van der Waals surface area contributed by atoms with Crippen LogP contribution in [0.3, 0.4) is 0 Å². The van der Waals surface area contributed by atoms with E-state index in [9.17, 15) is 4.79 Å². The number of nitrogens with zero attached hydrogens (tertiary/aromatic N) is 2. The van der Waals surface area contributed by atoms with Gasteiger partial charge < -0.3 is 4.57 Å². The second-order valence-electron chi connectivity index (χ2n) is 10.6. The van der Waals surface area contributed by atoms with Crippen molar-refractivity contribution >= 4 is 33.5 Å². The summed E-state index contributed by atoms with van der Waals surface area (Å²) in [5.74, 6) is 0.236. The molecule has 0 saturated heterocycles. The van der Waals surface area contributed by atoms with Gasteiger partial charge in [0, 0.05) is 23.0 Å². The number of amides is 1. The van der Waals surface area contributed by atoms with Gasteiger partial charge in [0.05, 0.1) is 17.1 Å². The first-order valence-electron chi connectivity index (χ1n) is 13.6. The second-order valence-corrected chi connectivity index (χ2v) is 10.6. The predicted octanol–water partition coefficient (Wildman–Crippen LogP) is 7.27. The number of carbonyl (C=O) groups excluding carboxylic acids is 1. The third kappa shape index (κ3) is 4.65. The zero-order valence-corrected chi connectivity index (χ0v) is 22.1. The third-order valence-electron chi connectivity index (χ3n) is 7.98. The summed E-state index contributed by atoms with van der Waals surface area (Å²) >= 11 is 0. The molecule has 0 aliphatic heterocycles. The molecule has 5 aromatic rings. The number of hydrazine groups is 1. The number of aromatic nitrogens is 2. The lowest BCUT2D eigenvalue weighted by Crippen LogP contribution is -2.36. The van der Waals surface area contributed by atoms with Crippen molar-refractivity contribution in [1.29, 1.82) is 0 Å². The van der Waals surface area contributed by atoms with Crippen LogP contribution in [0.2, 0.25) is 0 Å². The average molecular weight is 503 g/mol. The van der Waals surface area contributed by atoms with Crippen LogP contribution < -0.4 is 10.9 Å². The zero-order valence-electron chi connectivity index (χ0n) is 22.1. The number of hydrogen-bond acceptors (Lipinski definition) is 3. The van der Waals surface area contributed by atoms with Crippen LogP contribution in [0.5, 0.6) is 0 Å². The van der Waals surface area contributed by atoms with Crippen LogP contribution in [-0.4, -0.2) is 15.5 Å². The Morgan fingerprint density at radius 2 is 1.66 bits per heavy atom. The third-order valence-corrected chi connectivity index (χ3v) is 7.98.